The van der Waals surface area contributed by atoms with Gasteiger partial charge in [0.1, 0.15) is 11.1 Å². The molecule has 0 unspecified atom stereocenters. The first-order valence-electron chi connectivity index (χ1n) is 6.23. The summed E-state index contributed by atoms with van der Waals surface area (Å²) in [6, 6.07) is 3.35. The number of carbonyl (C=O) groups is 2. The summed E-state index contributed by atoms with van der Waals surface area (Å²) in [6.45, 7) is -0.259. The first-order chi connectivity index (χ1) is 9.09. The first kappa shape index (κ1) is 14.0. The van der Waals surface area contributed by atoms with Crippen LogP contribution in [0, 0.1) is 0 Å². The summed E-state index contributed by atoms with van der Waals surface area (Å²) in [6.07, 6.45) is 5.41. The van der Waals surface area contributed by atoms with Crippen molar-refractivity contribution in [2.75, 3.05) is 6.54 Å². The molecule has 1 fully saturated rings. The standard InChI is InChI=1S/C13H15BrN2O3/c14-12-10(6-3-7-15-12)13(19)16(8-11(17)18)9-4-1-2-5-9/h3,6-7,9H,1-2,4-5,8H2,(H,17,18). The fourth-order valence-electron chi connectivity index (χ4n) is 2.43. The van der Waals surface area contributed by atoms with Gasteiger partial charge in [-0.05, 0) is 40.9 Å². The third kappa shape index (κ3) is 3.32. The molecule has 1 amide bonds. The minimum Gasteiger partial charge on any atom is -0.480 e. The van der Waals surface area contributed by atoms with Crippen molar-refractivity contribution in [1.29, 1.82) is 0 Å². The van der Waals surface area contributed by atoms with E-state index < -0.39 is 5.97 Å². The van der Waals surface area contributed by atoms with Crippen molar-refractivity contribution in [3.05, 3.63) is 28.5 Å². The summed E-state index contributed by atoms with van der Waals surface area (Å²) < 4.78 is 0.452. The highest BCUT2D eigenvalue weighted by atomic mass is 79.9. The zero-order chi connectivity index (χ0) is 13.8. The van der Waals surface area contributed by atoms with Crippen molar-refractivity contribution in [2.45, 2.75) is 31.7 Å². The van der Waals surface area contributed by atoms with Gasteiger partial charge in [-0.1, -0.05) is 12.8 Å². The molecule has 1 aromatic heterocycles. The largest absolute Gasteiger partial charge is 0.480 e. The Morgan fingerprint density at radius 2 is 2.11 bits per heavy atom. The van der Waals surface area contributed by atoms with E-state index in [9.17, 15) is 9.59 Å². The third-order valence-electron chi connectivity index (χ3n) is 3.32. The summed E-state index contributed by atoms with van der Waals surface area (Å²) >= 11 is 3.23. The van der Waals surface area contributed by atoms with E-state index in [0.29, 0.717) is 10.2 Å². The molecule has 1 aliphatic rings. The summed E-state index contributed by atoms with van der Waals surface area (Å²) in [4.78, 5) is 28.9. The van der Waals surface area contributed by atoms with E-state index in [2.05, 4.69) is 20.9 Å². The van der Waals surface area contributed by atoms with Gasteiger partial charge < -0.3 is 10.0 Å². The topological polar surface area (TPSA) is 70.5 Å². The van der Waals surface area contributed by atoms with Gasteiger partial charge >= 0.3 is 5.97 Å². The van der Waals surface area contributed by atoms with Crippen molar-refractivity contribution >= 4 is 27.8 Å². The van der Waals surface area contributed by atoms with Crippen LogP contribution in [0.15, 0.2) is 22.9 Å². The molecular formula is C13H15BrN2O3. The molecule has 0 aromatic carbocycles. The number of pyridine rings is 1. The molecule has 0 radical (unpaired) electrons. The number of nitrogens with zero attached hydrogens (tertiary/aromatic N) is 2. The summed E-state index contributed by atoms with van der Waals surface area (Å²) in [7, 11) is 0. The van der Waals surface area contributed by atoms with E-state index in [1.807, 2.05) is 0 Å². The average molecular weight is 327 g/mol. The van der Waals surface area contributed by atoms with E-state index in [-0.39, 0.29) is 18.5 Å². The van der Waals surface area contributed by atoms with Gasteiger partial charge in [-0.3, -0.25) is 9.59 Å². The zero-order valence-electron chi connectivity index (χ0n) is 10.4. The summed E-state index contributed by atoms with van der Waals surface area (Å²) in [5.74, 6) is -1.26. The van der Waals surface area contributed by atoms with Gasteiger partial charge in [0.2, 0.25) is 0 Å². The molecule has 0 atom stereocenters. The van der Waals surface area contributed by atoms with E-state index in [4.69, 9.17) is 5.11 Å². The molecule has 1 N–H and O–H groups in total. The molecule has 19 heavy (non-hydrogen) atoms. The number of aliphatic carboxylic acids is 1. The number of rotatable bonds is 4. The van der Waals surface area contributed by atoms with Gasteiger partial charge in [0.05, 0.1) is 5.56 Å². The Morgan fingerprint density at radius 3 is 2.68 bits per heavy atom. The molecule has 102 valence electrons. The molecule has 1 aromatic rings. The Morgan fingerprint density at radius 1 is 1.42 bits per heavy atom. The number of halogens is 1. The number of carboxylic acid groups (broad SMARTS) is 1. The molecule has 5 nitrogen and oxygen atoms in total. The fourth-order valence-corrected chi connectivity index (χ4v) is 2.85. The SMILES string of the molecule is O=C(O)CN(C(=O)c1cccnc1Br)C1CCCC1. The molecular weight excluding hydrogens is 312 g/mol. The van der Waals surface area contributed by atoms with Crippen LogP contribution in [-0.2, 0) is 4.79 Å². The van der Waals surface area contributed by atoms with Crippen LogP contribution in [0.25, 0.3) is 0 Å². The second kappa shape index (κ2) is 6.14. The van der Waals surface area contributed by atoms with Crippen molar-refractivity contribution in [3.8, 4) is 0 Å². The van der Waals surface area contributed by atoms with Crippen molar-refractivity contribution in [2.24, 2.45) is 0 Å². The minimum absolute atomic E-state index is 0.0238. The average Bonchev–Trinajstić information content (AvgIpc) is 2.89. The van der Waals surface area contributed by atoms with Gasteiger partial charge in [0.25, 0.3) is 5.91 Å². The molecule has 0 spiro atoms. The molecule has 1 heterocycles. The smallest absolute Gasteiger partial charge is 0.323 e. The Kier molecular flexibility index (Phi) is 4.52. The number of carboxylic acids is 1. The van der Waals surface area contributed by atoms with E-state index >= 15 is 0 Å². The summed E-state index contributed by atoms with van der Waals surface area (Å²) in [5.41, 5.74) is 0.413. The van der Waals surface area contributed by atoms with Crippen molar-refractivity contribution < 1.29 is 14.7 Å². The number of hydrogen-bond donors (Lipinski definition) is 1. The normalized spacial score (nSPS) is 15.4. The lowest BCUT2D eigenvalue weighted by Crippen LogP contribution is -2.42. The predicted molar refractivity (Wildman–Crippen MR) is 72.9 cm³/mol. The third-order valence-corrected chi connectivity index (χ3v) is 3.95. The number of amides is 1. The maximum absolute atomic E-state index is 12.5. The van der Waals surface area contributed by atoms with Crippen LogP contribution in [0.1, 0.15) is 36.0 Å². The highest BCUT2D eigenvalue weighted by Crippen LogP contribution is 2.26. The molecule has 0 saturated heterocycles. The lowest BCUT2D eigenvalue weighted by Gasteiger charge is -2.27. The first-order valence-corrected chi connectivity index (χ1v) is 7.02. The molecule has 6 heteroatoms. The molecule has 0 bridgehead atoms. The zero-order valence-corrected chi connectivity index (χ0v) is 12.0. The van der Waals surface area contributed by atoms with E-state index in [1.165, 1.54) is 4.90 Å². The highest BCUT2D eigenvalue weighted by molar-refractivity contribution is 9.10. The second-order valence-corrected chi connectivity index (χ2v) is 5.36. The van der Waals surface area contributed by atoms with Crippen LogP contribution >= 0.6 is 15.9 Å². The number of carbonyl (C=O) groups excluding carboxylic acids is 1. The van der Waals surface area contributed by atoms with Gasteiger partial charge in [0, 0.05) is 12.2 Å². The van der Waals surface area contributed by atoms with Crippen LogP contribution in [0.2, 0.25) is 0 Å². The maximum atomic E-state index is 12.5. The van der Waals surface area contributed by atoms with Gasteiger partial charge in [0.15, 0.2) is 0 Å². The minimum atomic E-state index is -0.986. The van der Waals surface area contributed by atoms with Crippen LogP contribution in [0.5, 0.6) is 0 Å². The maximum Gasteiger partial charge on any atom is 0.323 e. The Labute approximate surface area is 119 Å². The Bertz CT molecular complexity index is 487. The quantitative estimate of drug-likeness (QED) is 0.862. The van der Waals surface area contributed by atoms with Crippen LogP contribution in [0.4, 0.5) is 0 Å². The van der Waals surface area contributed by atoms with Crippen molar-refractivity contribution in [1.82, 2.24) is 9.88 Å². The fraction of sp³-hybridized carbons (Fsp3) is 0.462. The van der Waals surface area contributed by atoms with Crippen LogP contribution in [0.3, 0.4) is 0 Å². The second-order valence-electron chi connectivity index (χ2n) is 4.61. The lowest BCUT2D eigenvalue weighted by atomic mass is 10.1. The monoisotopic (exact) mass is 326 g/mol. The molecule has 2 rings (SSSR count). The number of aromatic nitrogens is 1. The predicted octanol–water partition coefficient (Wildman–Crippen LogP) is 2.31. The Hall–Kier alpha value is -1.43. The van der Waals surface area contributed by atoms with Gasteiger partial charge in [-0.25, -0.2) is 4.98 Å². The van der Waals surface area contributed by atoms with E-state index in [0.717, 1.165) is 25.7 Å². The van der Waals surface area contributed by atoms with Gasteiger partial charge in [-0.15, -0.1) is 0 Å². The van der Waals surface area contributed by atoms with Crippen LogP contribution < -0.4 is 0 Å². The van der Waals surface area contributed by atoms with Crippen molar-refractivity contribution in [3.63, 3.8) is 0 Å². The van der Waals surface area contributed by atoms with E-state index in [1.54, 1.807) is 18.3 Å². The molecule has 0 aliphatic heterocycles. The van der Waals surface area contributed by atoms with Crippen LogP contribution in [-0.4, -0.2) is 39.5 Å². The van der Waals surface area contributed by atoms with Gasteiger partial charge in [-0.2, -0.15) is 0 Å². The number of hydrogen-bond acceptors (Lipinski definition) is 3. The Balaban J connectivity index is 2.24. The molecule has 1 aliphatic carbocycles. The summed E-state index contributed by atoms with van der Waals surface area (Å²) in [5, 5.41) is 8.99. The lowest BCUT2D eigenvalue weighted by molar-refractivity contribution is -0.138. The molecule has 1 saturated carbocycles. The highest BCUT2D eigenvalue weighted by Gasteiger charge is 2.30.